The van der Waals surface area contributed by atoms with E-state index in [1.54, 1.807) is 0 Å². The number of anilines is 3. The summed E-state index contributed by atoms with van der Waals surface area (Å²) in [6.07, 6.45) is 21.0. The monoisotopic (exact) mass is 663 g/mol. The van der Waals surface area contributed by atoms with Crippen molar-refractivity contribution in [2.45, 2.75) is 24.8 Å². The Morgan fingerprint density at radius 1 is 0.680 bits per heavy atom. The van der Waals surface area contributed by atoms with Crippen LogP contribution in [-0.4, -0.2) is 31.6 Å². The summed E-state index contributed by atoms with van der Waals surface area (Å²) in [4.78, 5) is 2.38. The van der Waals surface area contributed by atoms with Crippen molar-refractivity contribution in [1.82, 2.24) is 14.6 Å². The Kier molecular flexibility index (Phi) is 7.77. The first kappa shape index (κ1) is 30.2. The van der Waals surface area contributed by atoms with Gasteiger partial charge in [-0.3, -0.25) is 0 Å². The van der Waals surface area contributed by atoms with Gasteiger partial charge in [0.1, 0.15) is 0 Å². The lowest BCUT2D eigenvalue weighted by Crippen LogP contribution is -2.65. The van der Waals surface area contributed by atoms with Crippen molar-refractivity contribution < 1.29 is 0 Å². The van der Waals surface area contributed by atoms with E-state index >= 15 is 0 Å². The van der Waals surface area contributed by atoms with Gasteiger partial charge in [-0.15, -0.1) is 4.67 Å². The minimum Gasteiger partial charge on any atom is -0.391 e. The summed E-state index contributed by atoms with van der Waals surface area (Å²) in [5, 5.41) is 10.4. The van der Waals surface area contributed by atoms with E-state index in [9.17, 15) is 0 Å². The average Bonchev–Trinajstić information content (AvgIpc) is 3.85. The van der Waals surface area contributed by atoms with Crippen molar-refractivity contribution in [1.29, 1.82) is 0 Å². The summed E-state index contributed by atoms with van der Waals surface area (Å²) in [5.41, 5.74) is 7.58. The van der Waals surface area contributed by atoms with Crippen LogP contribution in [0.1, 0.15) is 19.3 Å². The first-order valence-electron chi connectivity index (χ1n) is 17.7. The molecule has 5 aromatic carbocycles. The molecule has 0 bridgehead atoms. The van der Waals surface area contributed by atoms with Crippen LogP contribution in [-0.2, 0) is 0 Å². The SMILES string of the molecule is C1=CC(n2c3ccccc3c3cc([Si](C4=CC=[N+]=C4)(c4cccc(N(c5ccccc5)c5ccccc5)c4)C4CC=CNC4)ccc32)=CCC1. The molecule has 1 aromatic heterocycles. The van der Waals surface area contributed by atoms with E-state index in [4.69, 9.17) is 4.67 Å². The van der Waals surface area contributed by atoms with Crippen LogP contribution in [0.4, 0.5) is 17.1 Å². The Bertz CT molecular complexity index is 2370. The highest BCUT2D eigenvalue weighted by molar-refractivity contribution is 7.10. The van der Waals surface area contributed by atoms with E-state index in [1.807, 2.05) is 6.21 Å². The second-order valence-corrected chi connectivity index (χ2v) is 17.5. The lowest BCUT2D eigenvalue weighted by molar-refractivity contribution is 0.711. The van der Waals surface area contributed by atoms with Crippen LogP contribution in [0.3, 0.4) is 0 Å². The summed E-state index contributed by atoms with van der Waals surface area (Å²) >= 11 is 0. The molecule has 9 rings (SSSR count). The number of fused-ring (bicyclic) bond motifs is 3. The highest BCUT2D eigenvalue weighted by Crippen LogP contribution is 2.39. The topological polar surface area (TPSA) is 34.3 Å². The van der Waals surface area contributed by atoms with E-state index < -0.39 is 8.07 Å². The van der Waals surface area contributed by atoms with Crippen LogP contribution >= 0.6 is 0 Å². The highest BCUT2D eigenvalue weighted by atomic mass is 28.3. The summed E-state index contributed by atoms with van der Waals surface area (Å²) in [7, 11) is -2.73. The number of nitrogens with zero attached hydrogens (tertiary/aromatic N) is 3. The van der Waals surface area contributed by atoms with Crippen molar-refractivity contribution in [3.8, 4) is 0 Å². The molecular formula is C45H39N4Si+. The molecule has 1 aliphatic carbocycles. The molecule has 4 nitrogen and oxygen atoms in total. The molecule has 0 saturated heterocycles. The van der Waals surface area contributed by atoms with Crippen molar-refractivity contribution in [3.05, 3.63) is 169 Å². The Balaban J connectivity index is 1.31. The number of allylic oxidation sites excluding steroid dienone is 7. The molecule has 50 heavy (non-hydrogen) atoms. The van der Waals surface area contributed by atoms with Crippen molar-refractivity contribution in [3.63, 3.8) is 0 Å². The quantitative estimate of drug-likeness (QED) is 0.131. The predicted molar refractivity (Wildman–Crippen MR) is 216 cm³/mol. The molecule has 0 saturated carbocycles. The standard InChI is InChI=1S/C45H39N4Si/c1-4-14-34(15-5-1)48(35-16-6-2-7-17-35)37-20-12-21-38(30-37)50(41-27-29-47-33-41,40-22-13-28-46-32-40)39-25-26-45-43(31-39)42-23-10-11-24-44(42)49(45)36-18-8-3-9-19-36/h1-2,4-8,10-21,23-31,33,40,46H,3,9,22,32H2/q+1. The maximum absolute atomic E-state index is 4.73. The number of hydrogen-bond acceptors (Lipinski definition) is 2. The molecule has 6 aromatic rings. The first-order valence-corrected chi connectivity index (χ1v) is 19.8. The lowest BCUT2D eigenvalue weighted by Gasteiger charge is -2.41. The molecule has 242 valence electrons. The van der Waals surface area contributed by atoms with Gasteiger partial charge in [0.25, 0.3) is 12.4 Å². The minimum absolute atomic E-state index is 0.378. The summed E-state index contributed by atoms with van der Waals surface area (Å²) < 4.78 is 7.19. The van der Waals surface area contributed by atoms with Crippen LogP contribution in [0.2, 0.25) is 5.54 Å². The number of aromatic nitrogens is 1. The number of para-hydroxylation sites is 3. The minimum atomic E-state index is -2.73. The van der Waals surface area contributed by atoms with Crippen LogP contribution < -0.4 is 25.3 Å². The fourth-order valence-corrected chi connectivity index (χ4v) is 13.8. The summed E-state index contributed by atoms with van der Waals surface area (Å²) in [5.74, 6) is 0. The molecule has 2 unspecified atom stereocenters. The average molecular weight is 664 g/mol. The van der Waals surface area contributed by atoms with Gasteiger partial charge in [-0.05, 0) is 96.0 Å². The molecule has 3 aliphatic rings. The Morgan fingerprint density at radius 2 is 1.42 bits per heavy atom. The Morgan fingerprint density at radius 3 is 2.14 bits per heavy atom. The largest absolute Gasteiger partial charge is 0.391 e. The van der Waals surface area contributed by atoms with Crippen LogP contribution in [0.25, 0.3) is 27.5 Å². The second-order valence-electron chi connectivity index (χ2n) is 13.4. The molecule has 5 heteroatoms. The fourth-order valence-electron chi connectivity index (χ4n) is 8.42. The third kappa shape index (κ3) is 5.02. The van der Waals surface area contributed by atoms with E-state index in [0.29, 0.717) is 5.54 Å². The van der Waals surface area contributed by atoms with Gasteiger partial charge in [-0.2, -0.15) is 0 Å². The zero-order valence-electron chi connectivity index (χ0n) is 28.0. The van der Waals surface area contributed by atoms with Crippen LogP contribution in [0.5, 0.6) is 0 Å². The van der Waals surface area contributed by atoms with Gasteiger partial charge in [-0.1, -0.05) is 97.1 Å². The molecule has 0 fully saturated rings. The summed E-state index contributed by atoms with van der Waals surface area (Å²) in [6.45, 7) is 0.913. The Hall–Kier alpha value is -5.87. The number of nitrogens with one attached hydrogen (secondary N) is 1. The van der Waals surface area contributed by atoms with E-state index in [2.05, 4.69) is 185 Å². The normalized spacial score (nSPS) is 17.8. The van der Waals surface area contributed by atoms with E-state index in [0.717, 1.165) is 42.9 Å². The molecule has 1 N–H and O–H groups in total. The van der Waals surface area contributed by atoms with Gasteiger partial charge < -0.3 is 14.8 Å². The smallest absolute Gasteiger partial charge is 0.292 e. The van der Waals surface area contributed by atoms with Crippen molar-refractivity contribution >= 4 is 75.4 Å². The fraction of sp³-hybridized carbons (Fsp3) is 0.111. The third-order valence-electron chi connectivity index (χ3n) is 10.6. The van der Waals surface area contributed by atoms with Crippen LogP contribution in [0, 0.1) is 0 Å². The maximum atomic E-state index is 4.73. The van der Waals surface area contributed by atoms with Crippen molar-refractivity contribution in [2.75, 3.05) is 11.4 Å². The molecule has 0 radical (unpaired) electrons. The zero-order valence-corrected chi connectivity index (χ0v) is 29.0. The molecule has 3 heterocycles. The molecule has 0 spiro atoms. The molecule has 0 amide bonds. The molecule has 2 aliphatic heterocycles. The Labute approximate surface area is 294 Å². The predicted octanol–water partition coefficient (Wildman–Crippen LogP) is 8.58. The number of benzene rings is 5. The number of hydrogen-bond donors (Lipinski definition) is 1. The van der Waals surface area contributed by atoms with Gasteiger partial charge in [0.15, 0.2) is 8.07 Å². The zero-order chi connectivity index (χ0) is 33.3. The first-order chi connectivity index (χ1) is 24.8. The van der Waals surface area contributed by atoms with Crippen LogP contribution in [0.15, 0.2) is 169 Å². The van der Waals surface area contributed by atoms with Gasteiger partial charge >= 0.3 is 0 Å². The van der Waals surface area contributed by atoms with Crippen molar-refractivity contribution in [2.24, 2.45) is 0 Å². The maximum Gasteiger partial charge on any atom is 0.292 e. The lowest BCUT2D eigenvalue weighted by atomic mass is 10.1. The van der Waals surface area contributed by atoms with Gasteiger partial charge in [0.2, 0.25) is 0 Å². The molecule has 2 atom stereocenters. The number of rotatable bonds is 8. The van der Waals surface area contributed by atoms with E-state index in [-0.39, 0.29) is 0 Å². The van der Waals surface area contributed by atoms with Gasteiger partial charge in [-0.25, -0.2) is 0 Å². The summed E-state index contributed by atoms with van der Waals surface area (Å²) in [6, 6.07) is 47.1. The van der Waals surface area contributed by atoms with Gasteiger partial charge in [0, 0.05) is 51.3 Å². The second kappa shape index (κ2) is 12.9. The van der Waals surface area contributed by atoms with Gasteiger partial charge in [0.05, 0.1) is 11.0 Å². The molecular weight excluding hydrogens is 625 g/mol. The third-order valence-corrected chi connectivity index (χ3v) is 15.9. The van der Waals surface area contributed by atoms with E-state index in [1.165, 1.54) is 43.1 Å². The highest BCUT2D eigenvalue weighted by Gasteiger charge is 2.50.